The maximum Gasteiger partial charge on any atom is 0.135 e. The Balaban J connectivity index is 1.04. The molecule has 1 fully saturated rings. The summed E-state index contributed by atoms with van der Waals surface area (Å²) < 4.78 is 9.15. The van der Waals surface area contributed by atoms with Gasteiger partial charge in [0.1, 0.15) is 11.3 Å². The van der Waals surface area contributed by atoms with Crippen molar-refractivity contribution in [2.24, 2.45) is 5.92 Å². The molecule has 2 unspecified atom stereocenters. The third kappa shape index (κ3) is 3.61. The molecule has 254 valence electrons. The molecule has 0 bridgehead atoms. The third-order valence-electron chi connectivity index (χ3n) is 13.3. The first-order valence-corrected chi connectivity index (χ1v) is 19.3. The molecule has 8 aromatic carbocycles. The van der Waals surface area contributed by atoms with Crippen LogP contribution in [0.25, 0.3) is 99.1 Å². The molecule has 2 heterocycles. The van der Waals surface area contributed by atoms with E-state index in [1.54, 1.807) is 0 Å². The van der Waals surface area contributed by atoms with Gasteiger partial charge in [0.2, 0.25) is 0 Å². The minimum atomic E-state index is -0.138. The van der Waals surface area contributed by atoms with E-state index in [0.29, 0.717) is 11.8 Å². The molecule has 0 aliphatic heterocycles. The van der Waals surface area contributed by atoms with Gasteiger partial charge in [0.05, 0.1) is 11.0 Å². The van der Waals surface area contributed by atoms with Crippen LogP contribution in [0, 0.1) is 5.92 Å². The predicted molar refractivity (Wildman–Crippen MR) is 226 cm³/mol. The van der Waals surface area contributed by atoms with Crippen LogP contribution in [0.1, 0.15) is 48.6 Å². The van der Waals surface area contributed by atoms with E-state index in [0.717, 1.165) is 11.3 Å². The van der Waals surface area contributed by atoms with E-state index in [-0.39, 0.29) is 5.41 Å². The number of allylic oxidation sites excluding steroid dienone is 1. The van der Waals surface area contributed by atoms with E-state index in [1.807, 2.05) is 0 Å². The van der Waals surface area contributed by atoms with Gasteiger partial charge in [-0.2, -0.15) is 0 Å². The lowest BCUT2D eigenvalue weighted by Crippen LogP contribution is -2.14. The highest BCUT2D eigenvalue weighted by Crippen LogP contribution is 2.61. The van der Waals surface area contributed by atoms with Crippen molar-refractivity contribution < 1.29 is 4.42 Å². The second kappa shape index (κ2) is 9.98. The first-order valence-electron chi connectivity index (χ1n) is 19.3. The first-order chi connectivity index (χ1) is 26.5. The topological polar surface area (TPSA) is 18.1 Å². The lowest BCUT2D eigenvalue weighted by molar-refractivity contribution is 0.595. The summed E-state index contributed by atoms with van der Waals surface area (Å²) in [5.41, 5.74) is 14.0. The number of furan rings is 1. The Hall–Kier alpha value is -6.38. The normalized spacial score (nSPS) is 17.8. The van der Waals surface area contributed by atoms with Gasteiger partial charge in [-0.05, 0) is 115 Å². The Kier molecular flexibility index (Phi) is 5.38. The molecular weight excluding hydrogens is 655 g/mol. The van der Waals surface area contributed by atoms with E-state index < -0.39 is 0 Å². The number of fused-ring (bicyclic) bond motifs is 19. The summed E-state index contributed by atoms with van der Waals surface area (Å²) in [5.74, 6) is 2.26. The van der Waals surface area contributed by atoms with Crippen LogP contribution in [0.4, 0.5) is 0 Å². The number of benzene rings is 8. The summed E-state index contributed by atoms with van der Waals surface area (Å²) in [6.45, 7) is 4.80. The molecule has 3 aliphatic rings. The number of hydrogen-bond donors (Lipinski definition) is 0. The summed E-state index contributed by atoms with van der Waals surface area (Å²) in [6.07, 6.45) is 5.81. The van der Waals surface area contributed by atoms with Gasteiger partial charge in [-0.25, -0.2) is 0 Å². The molecule has 2 atom stereocenters. The fourth-order valence-corrected chi connectivity index (χ4v) is 10.6. The lowest BCUT2D eigenvalue weighted by Gasteiger charge is -2.21. The minimum absolute atomic E-state index is 0.138. The zero-order valence-corrected chi connectivity index (χ0v) is 30.2. The smallest absolute Gasteiger partial charge is 0.135 e. The number of aromatic nitrogens is 1. The van der Waals surface area contributed by atoms with Gasteiger partial charge in [0.15, 0.2) is 0 Å². The summed E-state index contributed by atoms with van der Waals surface area (Å²) >= 11 is 0. The summed E-state index contributed by atoms with van der Waals surface area (Å²) in [4.78, 5) is 0. The van der Waals surface area contributed by atoms with Crippen LogP contribution in [0.15, 0.2) is 150 Å². The van der Waals surface area contributed by atoms with Gasteiger partial charge in [0.25, 0.3) is 0 Å². The van der Waals surface area contributed by atoms with Gasteiger partial charge in [-0.3, -0.25) is 0 Å². The van der Waals surface area contributed by atoms with Gasteiger partial charge in [0, 0.05) is 38.4 Å². The Labute approximate surface area is 312 Å². The molecule has 2 nitrogen and oxygen atoms in total. The molecule has 13 rings (SSSR count). The number of rotatable bonds is 2. The standard InChI is InChI=1S/C52H35NO/c1-52(2)42-24-26-46-50(47-40-28-31(40)18-25-45(47)54-46)48(42)49-43(52)23-22-39-38-13-7-8-14-44(38)53(51(39)49)32-19-15-29(16-20-32)30-17-21-37-35-11-4-3-9-33(35)34-10-5-6-12-36(34)41(37)27-30/h3-27,31,40H,28H2,1-2H3. The minimum Gasteiger partial charge on any atom is -0.456 e. The van der Waals surface area contributed by atoms with Crippen molar-refractivity contribution in [3.8, 4) is 27.9 Å². The maximum atomic E-state index is 6.61. The average molecular weight is 690 g/mol. The Bertz CT molecular complexity index is 3300. The first kappa shape index (κ1) is 29.1. The number of para-hydroxylation sites is 1. The van der Waals surface area contributed by atoms with Crippen LogP contribution in [0.3, 0.4) is 0 Å². The highest BCUT2D eigenvalue weighted by atomic mass is 16.3. The van der Waals surface area contributed by atoms with Crippen molar-refractivity contribution in [3.63, 3.8) is 0 Å². The van der Waals surface area contributed by atoms with E-state index in [1.165, 1.54) is 111 Å². The molecule has 54 heavy (non-hydrogen) atoms. The molecular formula is C52H35NO. The SMILES string of the molecule is CC1(C)c2ccc3oc4c(c3c2-c2c1ccc1c3ccccc3n(-c3ccc(-c5ccc6c7ccccc7c7ccccc7c6c5)cc3)c21)C1CC1C=C4. The molecule has 2 heteroatoms. The predicted octanol–water partition coefficient (Wildman–Crippen LogP) is 14.1. The van der Waals surface area contributed by atoms with Crippen molar-refractivity contribution >= 4 is 71.2 Å². The van der Waals surface area contributed by atoms with E-state index >= 15 is 0 Å². The summed E-state index contributed by atoms with van der Waals surface area (Å²) in [7, 11) is 0. The van der Waals surface area contributed by atoms with Gasteiger partial charge >= 0.3 is 0 Å². The molecule has 0 radical (unpaired) electrons. The average Bonchev–Trinajstić information content (AvgIpc) is 3.71. The summed E-state index contributed by atoms with van der Waals surface area (Å²) in [6, 6.07) is 52.2. The molecule has 0 amide bonds. The van der Waals surface area contributed by atoms with E-state index in [9.17, 15) is 0 Å². The fraction of sp³-hybridized carbons (Fsp3) is 0.115. The van der Waals surface area contributed by atoms with Crippen LogP contribution in [0.5, 0.6) is 0 Å². The molecule has 10 aromatic rings. The number of nitrogens with zero attached hydrogens (tertiary/aromatic N) is 1. The zero-order chi connectivity index (χ0) is 35.4. The third-order valence-corrected chi connectivity index (χ3v) is 13.3. The Morgan fingerprint density at radius 3 is 1.94 bits per heavy atom. The molecule has 2 aromatic heterocycles. The van der Waals surface area contributed by atoms with Crippen LogP contribution >= 0.6 is 0 Å². The largest absolute Gasteiger partial charge is 0.456 e. The number of hydrogen-bond acceptors (Lipinski definition) is 1. The monoisotopic (exact) mass is 689 g/mol. The maximum absolute atomic E-state index is 6.61. The fourth-order valence-electron chi connectivity index (χ4n) is 10.6. The highest BCUT2D eigenvalue weighted by Gasteiger charge is 2.46. The van der Waals surface area contributed by atoms with E-state index in [2.05, 4.69) is 170 Å². The van der Waals surface area contributed by atoms with Crippen molar-refractivity contribution in [2.45, 2.75) is 31.6 Å². The van der Waals surface area contributed by atoms with Crippen LogP contribution in [-0.2, 0) is 5.41 Å². The molecule has 3 aliphatic carbocycles. The molecule has 0 spiro atoms. The summed E-state index contributed by atoms with van der Waals surface area (Å²) in [5, 5.41) is 11.7. The van der Waals surface area contributed by atoms with E-state index in [4.69, 9.17) is 4.42 Å². The zero-order valence-electron chi connectivity index (χ0n) is 30.2. The van der Waals surface area contributed by atoms with Crippen molar-refractivity contribution in [1.29, 1.82) is 0 Å². The highest BCUT2D eigenvalue weighted by molar-refractivity contribution is 6.26. The Morgan fingerprint density at radius 1 is 0.574 bits per heavy atom. The van der Waals surface area contributed by atoms with Crippen LogP contribution < -0.4 is 0 Å². The van der Waals surface area contributed by atoms with Gasteiger partial charge in [-0.15, -0.1) is 0 Å². The van der Waals surface area contributed by atoms with Gasteiger partial charge < -0.3 is 8.98 Å². The van der Waals surface area contributed by atoms with Crippen molar-refractivity contribution in [3.05, 3.63) is 168 Å². The molecule has 1 saturated carbocycles. The van der Waals surface area contributed by atoms with Crippen molar-refractivity contribution in [2.75, 3.05) is 0 Å². The van der Waals surface area contributed by atoms with Crippen LogP contribution in [-0.4, -0.2) is 4.57 Å². The second-order valence-corrected chi connectivity index (χ2v) is 16.4. The van der Waals surface area contributed by atoms with Gasteiger partial charge in [-0.1, -0.05) is 129 Å². The molecule has 0 N–H and O–H groups in total. The second-order valence-electron chi connectivity index (χ2n) is 16.4. The Morgan fingerprint density at radius 2 is 1.19 bits per heavy atom. The van der Waals surface area contributed by atoms with Crippen LogP contribution in [0.2, 0.25) is 0 Å². The van der Waals surface area contributed by atoms with Crippen molar-refractivity contribution in [1.82, 2.24) is 4.57 Å². The quantitative estimate of drug-likeness (QED) is 0.165. The lowest BCUT2D eigenvalue weighted by atomic mass is 9.82. The molecule has 0 saturated heterocycles.